The smallest absolute Gasteiger partial charge is 0.270 e. The number of aromatic nitrogens is 3. The number of hydrogen-bond donors (Lipinski definition) is 2. The fraction of sp³-hybridized carbons (Fsp3) is 0.250. The molecule has 0 aliphatic rings. The lowest BCUT2D eigenvalue weighted by atomic mass is 10.1. The van der Waals surface area contributed by atoms with Crippen LogP contribution in [-0.2, 0) is 4.74 Å². The number of rotatable bonds is 7. The van der Waals surface area contributed by atoms with Gasteiger partial charge in [0.15, 0.2) is 0 Å². The van der Waals surface area contributed by atoms with Gasteiger partial charge in [-0.3, -0.25) is 10.1 Å². The zero-order valence-electron chi connectivity index (χ0n) is 13.2. The van der Waals surface area contributed by atoms with Gasteiger partial charge in [-0.1, -0.05) is 12.1 Å². The third-order valence-corrected chi connectivity index (χ3v) is 3.61. The van der Waals surface area contributed by atoms with Crippen LogP contribution in [-0.4, -0.2) is 40.1 Å². The average Bonchev–Trinajstić information content (AvgIpc) is 3.04. The number of H-pyrrole nitrogens is 1. The molecule has 2 aromatic heterocycles. The van der Waals surface area contributed by atoms with E-state index in [1.54, 1.807) is 13.2 Å². The number of hydrogen-bond acceptors (Lipinski definition) is 6. The number of anilines is 1. The SMILES string of the molecule is COCCCNc1ncnc2[nH]c(-c3cccc([N+](=O)[O-])c3)cc12. The summed E-state index contributed by atoms with van der Waals surface area (Å²) in [6.45, 7) is 1.41. The van der Waals surface area contributed by atoms with Crippen LogP contribution in [0.1, 0.15) is 6.42 Å². The maximum absolute atomic E-state index is 10.9. The van der Waals surface area contributed by atoms with Gasteiger partial charge in [0.05, 0.1) is 10.3 Å². The van der Waals surface area contributed by atoms with E-state index in [2.05, 4.69) is 20.3 Å². The second-order valence-electron chi connectivity index (χ2n) is 5.25. The van der Waals surface area contributed by atoms with E-state index in [1.807, 2.05) is 12.1 Å². The van der Waals surface area contributed by atoms with Gasteiger partial charge in [0.2, 0.25) is 0 Å². The standard InChI is InChI=1S/C16H17N5O3/c1-24-7-3-6-17-15-13-9-14(20-16(13)19-10-18-15)11-4-2-5-12(8-11)21(22)23/h2,4-5,8-10H,3,6-7H2,1H3,(H2,17,18,19,20). The summed E-state index contributed by atoms with van der Waals surface area (Å²) >= 11 is 0. The Labute approximate surface area is 138 Å². The van der Waals surface area contributed by atoms with Crippen molar-refractivity contribution in [3.63, 3.8) is 0 Å². The van der Waals surface area contributed by atoms with E-state index in [0.717, 1.165) is 35.4 Å². The summed E-state index contributed by atoms with van der Waals surface area (Å²) in [6, 6.07) is 8.37. The van der Waals surface area contributed by atoms with Crippen LogP contribution >= 0.6 is 0 Å². The third kappa shape index (κ3) is 3.33. The molecule has 0 aliphatic carbocycles. The number of nitro benzene ring substituents is 1. The van der Waals surface area contributed by atoms with Crippen molar-refractivity contribution >= 4 is 22.5 Å². The van der Waals surface area contributed by atoms with E-state index >= 15 is 0 Å². The maximum Gasteiger partial charge on any atom is 0.270 e. The minimum Gasteiger partial charge on any atom is -0.385 e. The molecule has 8 heteroatoms. The average molecular weight is 327 g/mol. The number of nitrogens with one attached hydrogen (secondary N) is 2. The van der Waals surface area contributed by atoms with Crippen LogP contribution in [0.5, 0.6) is 0 Å². The van der Waals surface area contributed by atoms with E-state index in [1.165, 1.54) is 18.5 Å². The van der Waals surface area contributed by atoms with E-state index < -0.39 is 4.92 Å². The number of ether oxygens (including phenoxy) is 1. The molecular formula is C16H17N5O3. The predicted molar refractivity (Wildman–Crippen MR) is 91.0 cm³/mol. The molecule has 0 atom stereocenters. The van der Waals surface area contributed by atoms with Crippen LogP contribution in [0.4, 0.5) is 11.5 Å². The van der Waals surface area contributed by atoms with Gasteiger partial charge in [-0.05, 0) is 12.5 Å². The molecule has 2 heterocycles. The molecule has 0 saturated heterocycles. The van der Waals surface area contributed by atoms with Gasteiger partial charge in [-0.2, -0.15) is 0 Å². The van der Waals surface area contributed by atoms with Crippen LogP contribution in [0.2, 0.25) is 0 Å². The number of methoxy groups -OCH3 is 1. The minimum atomic E-state index is -0.408. The monoisotopic (exact) mass is 327 g/mol. The molecule has 8 nitrogen and oxygen atoms in total. The summed E-state index contributed by atoms with van der Waals surface area (Å²) in [4.78, 5) is 22.2. The van der Waals surface area contributed by atoms with Gasteiger partial charge < -0.3 is 15.0 Å². The lowest BCUT2D eigenvalue weighted by Crippen LogP contribution is -2.06. The molecule has 1 aromatic carbocycles. The molecule has 24 heavy (non-hydrogen) atoms. The molecule has 0 saturated carbocycles. The summed E-state index contributed by atoms with van der Waals surface area (Å²) in [5.41, 5.74) is 2.22. The zero-order chi connectivity index (χ0) is 16.9. The number of non-ortho nitro benzene ring substituents is 1. The Balaban J connectivity index is 1.91. The number of benzene rings is 1. The van der Waals surface area contributed by atoms with Crippen LogP contribution < -0.4 is 5.32 Å². The van der Waals surface area contributed by atoms with Crippen molar-refractivity contribution in [1.29, 1.82) is 0 Å². The molecule has 0 amide bonds. The largest absolute Gasteiger partial charge is 0.385 e. The summed E-state index contributed by atoms with van der Waals surface area (Å²) < 4.78 is 5.03. The predicted octanol–water partition coefficient (Wildman–Crippen LogP) is 2.98. The van der Waals surface area contributed by atoms with E-state index in [9.17, 15) is 10.1 Å². The Morgan fingerprint density at radius 3 is 3.00 bits per heavy atom. The highest BCUT2D eigenvalue weighted by Gasteiger charge is 2.12. The molecule has 3 aromatic rings. The van der Waals surface area contributed by atoms with Crippen molar-refractivity contribution in [2.24, 2.45) is 0 Å². The Kier molecular flexibility index (Phi) is 4.66. The number of fused-ring (bicyclic) bond motifs is 1. The van der Waals surface area contributed by atoms with E-state index in [4.69, 9.17) is 4.74 Å². The third-order valence-electron chi connectivity index (χ3n) is 3.61. The highest BCUT2D eigenvalue weighted by Crippen LogP contribution is 2.28. The quantitative estimate of drug-likeness (QED) is 0.392. The molecule has 2 N–H and O–H groups in total. The van der Waals surface area contributed by atoms with Crippen molar-refractivity contribution in [2.45, 2.75) is 6.42 Å². The molecule has 3 rings (SSSR count). The second kappa shape index (κ2) is 7.05. The molecule has 0 aliphatic heterocycles. The Morgan fingerprint density at radius 1 is 1.33 bits per heavy atom. The first kappa shape index (κ1) is 15.9. The molecule has 0 spiro atoms. The minimum absolute atomic E-state index is 0.0511. The van der Waals surface area contributed by atoms with Gasteiger partial charge in [-0.25, -0.2) is 9.97 Å². The first-order valence-electron chi connectivity index (χ1n) is 7.50. The summed E-state index contributed by atoms with van der Waals surface area (Å²) in [5.74, 6) is 0.726. The normalized spacial score (nSPS) is 10.9. The van der Waals surface area contributed by atoms with Crippen LogP contribution in [0.3, 0.4) is 0 Å². The molecule has 0 unspecified atom stereocenters. The molecular weight excluding hydrogens is 310 g/mol. The highest BCUT2D eigenvalue weighted by molar-refractivity contribution is 5.91. The first-order chi connectivity index (χ1) is 11.7. The zero-order valence-corrected chi connectivity index (χ0v) is 13.2. The lowest BCUT2D eigenvalue weighted by molar-refractivity contribution is -0.384. The number of nitro groups is 1. The fourth-order valence-electron chi connectivity index (χ4n) is 2.45. The molecule has 124 valence electrons. The summed E-state index contributed by atoms with van der Waals surface area (Å²) in [6.07, 6.45) is 2.35. The number of aromatic amines is 1. The highest BCUT2D eigenvalue weighted by atomic mass is 16.6. The van der Waals surface area contributed by atoms with Crippen LogP contribution in [0.25, 0.3) is 22.3 Å². The molecule has 0 bridgehead atoms. The van der Waals surface area contributed by atoms with Gasteiger partial charge in [0.1, 0.15) is 17.8 Å². The van der Waals surface area contributed by atoms with Crippen molar-refractivity contribution in [1.82, 2.24) is 15.0 Å². The van der Waals surface area contributed by atoms with Gasteiger partial charge in [0.25, 0.3) is 5.69 Å². The number of nitrogens with zero attached hydrogens (tertiary/aromatic N) is 3. The van der Waals surface area contributed by atoms with Crippen molar-refractivity contribution < 1.29 is 9.66 Å². The Hall–Kier alpha value is -3.00. The van der Waals surface area contributed by atoms with Crippen molar-refractivity contribution in [2.75, 3.05) is 25.6 Å². The van der Waals surface area contributed by atoms with Gasteiger partial charge in [-0.15, -0.1) is 0 Å². The van der Waals surface area contributed by atoms with Gasteiger partial charge >= 0.3 is 0 Å². The topological polar surface area (TPSA) is 106 Å². The maximum atomic E-state index is 10.9. The van der Waals surface area contributed by atoms with E-state index in [-0.39, 0.29) is 5.69 Å². The molecule has 0 fully saturated rings. The summed E-state index contributed by atoms with van der Waals surface area (Å²) in [7, 11) is 1.67. The lowest BCUT2D eigenvalue weighted by Gasteiger charge is -2.05. The molecule has 0 radical (unpaired) electrons. The van der Waals surface area contributed by atoms with Crippen molar-refractivity contribution in [3.8, 4) is 11.3 Å². The Bertz CT molecular complexity index is 862. The Morgan fingerprint density at radius 2 is 2.21 bits per heavy atom. The van der Waals surface area contributed by atoms with Crippen LogP contribution in [0.15, 0.2) is 36.7 Å². The van der Waals surface area contributed by atoms with Crippen LogP contribution in [0, 0.1) is 10.1 Å². The van der Waals surface area contributed by atoms with Gasteiger partial charge in [0, 0.05) is 43.7 Å². The fourth-order valence-corrected chi connectivity index (χ4v) is 2.45. The summed E-state index contributed by atoms with van der Waals surface area (Å²) in [5, 5.41) is 15.0. The van der Waals surface area contributed by atoms with Crippen molar-refractivity contribution in [3.05, 3.63) is 46.8 Å². The second-order valence-corrected chi connectivity index (χ2v) is 5.25. The first-order valence-corrected chi connectivity index (χ1v) is 7.50. The van der Waals surface area contributed by atoms with E-state index in [0.29, 0.717) is 12.3 Å².